The van der Waals surface area contributed by atoms with Gasteiger partial charge in [-0.2, -0.15) is 0 Å². The molecule has 25 heavy (non-hydrogen) atoms. The molecular weight excluding hydrogens is 316 g/mol. The highest BCUT2D eigenvalue weighted by Crippen LogP contribution is 2.20. The molecule has 2 saturated heterocycles. The van der Waals surface area contributed by atoms with Crippen LogP contribution in [0.1, 0.15) is 43.5 Å². The molecular formula is C19H30N4O2. The van der Waals surface area contributed by atoms with Gasteiger partial charge in [-0.15, -0.1) is 0 Å². The number of hydrogen-bond donors (Lipinski definition) is 1. The Labute approximate surface area is 150 Å². The number of carbonyl (C=O) groups is 1. The van der Waals surface area contributed by atoms with E-state index < -0.39 is 0 Å². The number of ether oxygens (including phenoxy) is 1. The van der Waals surface area contributed by atoms with Crippen molar-refractivity contribution in [3.63, 3.8) is 0 Å². The number of amides is 1. The molecule has 2 aliphatic rings. The summed E-state index contributed by atoms with van der Waals surface area (Å²) in [4.78, 5) is 21.8. The number of morpholine rings is 1. The van der Waals surface area contributed by atoms with Crippen LogP contribution in [-0.4, -0.2) is 67.3 Å². The maximum Gasteiger partial charge on any atom is 0.255 e. The van der Waals surface area contributed by atoms with Gasteiger partial charge in [-0.05, 0) is 45.4 Å². The molecule has 6 heteroatoms. The SMILES string of the molecule is C[C@@H]1CCCCN1[C@H](C)CNC(=O)c1cccnc1N1CCOCC1. The lowest BCUT2D eigenvalue weighted by atomic mass is 10.0. The van der Waals surface area contributed by atoms with E-state index in [9.17, 15) is 4.79 Å². The Morgan fingerprint density at radius 1 is 1.36 bits per heavy atom. The van der Waals surface area contributed by atoms with Gasteiger partial charge in [0.25, 0.3) is 5.91 Å². The predicted molar refractivity (Wildman–Crippen MR) is 99.1 cm³/mol. The van der Waals surface area contributed by atoms with Crippen molar-refractivity contribution in [3.05, 3.63) is 23.9 Å². The zero-order chi connectivity index (χ0) is 17.6. The second-order valence-electron chi connectivity index (χ2n) is 7.12. The van der Waals surface area contributed by atoms with Crippen molar-refractivity contribution in [2.24, 2.45) is 0 Å². The van der Waals surface area contributed by atoms with Crippen molar-refractivity contribution in [2.45, 2.75) is 45.2 Å². The number of rotatable bonds is 5. The first-order chi connectivity index (χ1) is 12.2. The number of nitrogens with zero attached hydrogens (tertiary/aromatic N) is 3. The van der Waals surface area contributed by atoms with Gasteiger partial charge < -0.3 is 15.0 Å². The first-order valence-electron chi connectivity index (χ1n) is 9.48. The largest absolute Gasteiger partial charge is 0.378 e. The zero-order valence-corrected chi connectivity index (χ0v) is 15.4. The summed E-state index contributed by atoms with van der Waals surface area (Å²) in [5.74, 6) is 0.730. The molecule has 1 aromatic rings. The van der Waals surface area contributed by atoms with Crippen LogP contribution in [0.2, 0.25) is 0 Å². The molecule has 0 bridgehead atoms. The number of nitrogens with one attached hydrogen (secondary N) is 1. The summed E-state index contributed by atoms with van der Waals surface area (Å²) in [5.41, 5.74) is 0.656. The molecule has 0 spiro atoms. The van der Waals surface area contributed by atoms with Crippen molar-refractivity contribution < 1.29 is 9.53 Å². The highest BCUT2D eigenvalue weighted by atomic mass is 16.5. The number of likely N-dealkylation sites (tertiary alicyclic amines) is 1. The summed E-state index contributed by atoms with van der Waals surface area (Å²) < 4.78 is 5.40. The summed E-state index contributed by atoms with van der Waals surface area (Å²) in [6, 6.07) is 4.64. The molecule has 1 N–H and O–H groups in total. The molecule has 2 aliphatic heterocycles. The molecule has 2 atom stereocenters. The van der Waals surface area contributed by atoms with Crippen molar-refractivity contribution in [2.75, 3.05) is 44.3 Å². The fourth-order valence-electron chi connectivity index (χ4n) is 3.83. The van der Waals surface area contributed by atoms with Gasteiger partial charge >= 0.3 is 0 Å². The van der Waals surface area contributed by atoms with Crippen LogP contribution in [0, 0.1) is 0 Å². The van der Waals surface area contributed by atoms with Gasteiger partial charge in [0.1, 0.15) is 5.82 Å². The Morgan fingerprint density at radius 2 is 2.16 bits per heavy atom. The molecule has 1 amide bonds. The van der Waals surface area contributed by atoms with E-state index >= 15 is 0 Å². The molecule has 138 valence electrons. The number of aromatic nitrogens is 1. The number of carbonyl (C=O) groups excluding carboxylic acids is 1. The number of pyridine rings is 1. The van der Waals surface area contributed by atoms with E-state index in [1.165, 1.54) is 19.3 Å². The Hall–Kier alpha value is -1.66. The minimum absolute atomic E-state index is 0.0360. The van der Waals surface area contributed by atoms with Crippen molar-refractivity contribution >= 4 is 11.7 Å². The molecule has 0 unspecified atom stereocenters. The first kappa shape index (κ1) is 18.1. The molecule has 2 fully saturated rings. The lowest BCUT2D eigenvalue weighted by Gasteiger charge is -2.38. The van der Waals surface area contributed by atoms with E-state index in [1.807, 2.05) is 12.1 Å². The van der Waals surface area contributed by atoms with Crippen LogP contribution in [0.5, 0.6) is 0 Å². The number of piperidine rings is 1. The third kappa shape index (κ3) is 4.50. The second-order valence-corrected chi connectivity index (χ2v) is 7.12. The monoisotopic (exact) mass is 346 g/mol. The lowest BCUT2D eigenvalue weighted by Crippen LogP contribution is -2.48. The van der Waals surface area contributed by atoms with Crippen LogP contribution in [0.15, 0.2) is 18.3 Å². The fraction of sp³-hybridized carbons (Fsp3) is 0.684. The Morgan fingerprint density at radius 3 is 2.92 bits per heavy atom. The topological polar surface area (TPSA) is 57.7 Å². The van der Waals surface area contributed by atoms with Gasteiger partial charge in [0, 0.05) is 37.9 Å². The van der Waals surface area contributed by atoms with Crippen LogP contribution < -0.4 is 10.2 Å². The van der Waals surface area contributed by atoms with E-state index in [4.69, 9.17) is 4.74 Å². The zero-order valence-electron chi connectivity index (χ0n) is 15.4. The fourth-order valence-corrected chi connectivity index (χ4v) is 3.83. The number of hydrogen-bond acceptors (Lipinski definition) is 5. The standard InChI is InChI=1S/C19H30N4O2/c1-15-6-3-4-9-23(15)16(2)14-21-19(24)17-7-5-8-20-18(17)22-10-12-25-13-11-22/h5,7-8,15-16H,3-4,6,9-14H2,1-2H3,(H,21,24)/t15-,16-/m1/s1. The van der Waals surface area contributed by atoms with E-state index in [0.717, 1.165) is 25.5 Å². The third-order valence-corrected chi connectivity index (χ3v) is 5.32. The minimum Gasteiger partial charge on any atom is -0.378 e. The quantitative estimate of drug-likeness (QED) is 0.883. The van der Waals surface area contributed by atoms with Gasteiger partial charge in [-0.1, -0.05) is 6.42 Å². The van der Waals surface area contributed by atoms with Gasteiger partial charge in [-0.3, -0.25) is 9.69 Å². The second kappa shape index (κ2) is 8.63. The summed E-state index contributed by atoms with van der Waals surface area (Å²) >= 11 is 0. The molecule has 1 aromatic heterocycles. The van der Waals surface area contributed by atoms with Gasteiger partial charge in [-0.25, -0.2) is 4.98 Å². The normalized spacial score (nSPS) is 23.3. The highest BCUT2D eigenvalue weighted by Gasteiger charge is 2.24. The molecule has 0 saturated carbocycles. The summed E-state index contributed by atoms with van der Waals surface area (Å²) in [6.45, 7) is 9.20. The van der Waals surface area contributed by atoms with Gasteiger partial charge in [0.2, 0.25) is 0 Å². The molecule has 0 radical (unpaired) electrons. The minimum atomic E-state index is -0.0360. The van der Waals surface area contributed by atoms with Crippen LogP contribution in [-0.2, 0) is 4.74 Å². The average molecular weight is 346 g/mol. The summed E-state index contributed by atoms with van der Waals surface area (Å²) in [7, 11) is 0. The molecule has 3 heterocycles. The molecule has 0 aromatic carbocycles. The Bertz CT molecular complexity index is 574. The Kier molecular flexibility index (Phi) is 6.26. The van der Waals surface area contributed by atoms with E-state index in [1.54, 1.807) is 6.20 Å². The van der Waals surface area contributed by atoms with E-state index in [2.05, 4.69) is 33.9 Å². The third-order valence-electron chi connectivity index (χ3n) is 5.32. The number of anilines is 1. The van der Waals surface area contributed by atoms with Crippen molar-refractivity contribution in [1.29, 1.82) is 0 Å². The van der Waals surface area contributed by atoms with Crippen LogP contribution >= 0.6 is 0 Å². The molecule has 0 aliphatic carbocycles. The van der Waals surface area contributed by atoms with Crippen LogP contribution in [0.3, 0.4) is 0 Å². The summed E-state index contributed by atoms with van der Waals surface area (Å²) in [6.07, 6.45) is 5.57. The predicted octanol–water partition coefficient (Wildman–Crippen LogP) is 1.91. The van der Waals surface area contributed by atoms with E-state index in [-0.39, 0.29) is 5.91 Å². The maximum atomic E-state index is 12.7. The highest BCUT2D eigenvalue weighted by molar-refractivity contribution is 5.98. The Balaban J connectivity index is 1.61. The van der Waals surface area contributed by atoms with Gasteiger partial charge in [0.05, 0.1) is 18.8 Å². The first-order valence-corrected chi connectivity index (χ1v) is 9.48. The molecule has 6 nitrogen and oxygen atoms in total. The van der Waals surface area contributed by atoms with E-state index in [0.29, 0.717) is 37.4 Å². The van der Waals surface area contributed by atoms with Crippen LogP contribution in [0.25, 0.3) is 0 Å². The molecule has 3 rings (SSSR count). The smallest absolute Gasteiger partial charge is 0.255 e. The van der Waals surface area contributed by atoms with Crippen molar-refractivity contribution in [1.82, 2.24) is 15.2 Å². The van der Waals surface area contributed by atoms with Gasteiger partial charge in [0.15, 0.2) is 0 Å². The van der Waals surface area contributed by atoms with Crippen LogP contribution in [0.4, 0.5) is 5.82 Å². The van der Waals surface area contributed by atoms with Crippen molar-refractivity contribution in [3.8, 4) is 0 Å². The summed E-state index contributed by atoms with van der Waals surface area (Å²) in [5, 5.41) is 3.12. The lowest BCUT2D eigenvalue weighted by molar-refractivity contribution is 0.0885. The average Bonchev–Trinajstić information content (AvgIpc) is 2.67. The maximum absolute atomic E-state index is 12.7.